The Hall–Kier alpha value is -2.34. The molecule has 2 atom stereocenters. The van der Waals surface area contributed by atoms with E-state index in [1.807, 2.05) is 39.0 Å². The number of urea groups is 1. The molecule has 0 aliphatic heterocycles. The highest BCUT2D eigenvalue weighted by molar-refractivity contribution is 5.74. The van der Waals surface area contributed by atoms with Crippen molar-refractivity contribution in [2.75, 3.05) is 6.54 Å². The fourth-order valence-corrected chi connectivity index (χ4v) is 2.85. The molecule has 0 saturated heterocycles. The molecule has 0 aliphatic rings. The first kappa shape index (κ1) is 19.0. The third kappa shape index (κ3) is 4.82. The summed E-state index contributed by atoms with van der Waals surface area (Å²) < 4.78 is 5.46. The number of amides is 2. The van der Waals surface area contributed by atoms with Crippen LogP contribution in [0.25, 0.3) is 0 Å². The number of carbonyl (C=O) groups excluding carboxylic acids is 1. The maximum Gasteiger partial charge on any atom is 0.315 e. The zero-order valence-electron chi connectivity index (χ0n) is 15.5. The molecule has 2 heterocycles. The molecule has 0 radical (unpaired) electrons. The van der Waals surface area contributed by atoms with Gasteiger partial charge in [-0.2, -0.15) is 0 Å². The maximum absolute atomic E-state index is 12.3. The molecule has 2 rings (SSSR count). The van der Waals surface area contributed by atoms with Gasteiger partial charge in [-0.25, -0.2) is 4.79 Å². The molecule has 2 aromatic rings. The minimum atomic E-state index is -1.21. The van der Waals surface area contributed by atoms with E-state index >= 15 is 0 Å². The molecule has 0 saturated carbocycles. The Morgan fingerprint density at radius 3 is 2.60 bits per heavy atom. The Kier molecular flexibility index (Phi) is 5.85. The van der Waals surface area contributed by atoms with Gasteiger partial charge in [0.05, 0.1) is 18.3 Å². The highest BCUT2D eigenvalue weighted by atomic mass is 16.3. The number of aliphatic hydroxyl groups is 1. The molecule has 0 aliphatic carbocycles. The van der Waals surface area contributed by atoms with Crippen LogP contribution in [-0.2, 0) is 5.60 Å². The predicted molar refractivity (Wildman–Crippen MR) is 96.1 cm³/mol. The number of hydrogen-bond donors (Lipinski definition) is 3. The Labute approximate surface area is 148 Å². The number of aryl methyl sites for hydroxylation is 2. The van der Waals surface area contributed by atoms with Crippen molar-refractivity contribution in [3.05, 3.63) is 53.2 Å². The molecule has 0 aromatic carbocycles. The van der Waals surface area contributed by atoms with E-state index in [0.717, 1.165) is 11.5 Å². The Balaban J connectivity index is 2.00. The van der Waals surface area contributed by atoms with Crippen LogP contribution >= 0.6 is 0 Å². The molecule has 3 N–H and O–H groups in total. The highest BCUT2D eigenvalue weighted by Gasteiger charge is 2.29. The number of rotatable bonds is 6. The van der Waals surface area contributed by atoms with Crippen molar-refractivity contribution in [2.24, 2.45) is 5.92 Å². The van der Waals surface area contributed by atoms with E-state index in [4.69, 9.17) is 4.42 Å². The Morgan fingerprint density at radius 1 is 1.36 bits per heavy atom. The molecule has 136 valence electrons. The van der Waals surface area contributed by atoms with Crippen molar-refractivity contribution >= 4 is 6.03 Å². The van der Waals surface area contributed by atoms with Gasteiger partial charge in [0.2, 0.25) is 0 Å². The van der Waals surface area contributed by atoms with Crippen LogP contribution in [-0.4, -0.2) is 22.7 Å². The molecular weight excluding hydrogens is 318 g/mol. The van der Waals surface area contributed by atoms with Gasteiger partial charge in [0, 0.05) is 11.8 Å². The quantitative estimate of drug-likeness (QED) is 0.750. The predicted octanol–water partition coefficient (Wildman–Crippen LogP) is 3.20. The number of carbonyl (C=O) groups is 1. The average molecular weight is 345 g/mol. The van der Waals surface area contributed by atoms with Gasteiger partial charge in [0.15, 0.2) is 0 Å². The van der Waals surface area contributed by atoms with Crippen LogP contribution in [0.3, 0.4) is 0 Å². The summed E-state index contributed by atoms with van der Waals surface area (Å²) in [5, 5.41) is 16.3. The summed E-state index contributed by atoms with van der Waals surface area (Å²) in [7, 11) is 0. The van der Waals surface area contributed by atoms with Crippen molar-refractivity contribution in [3.63, 3.8) is 0 Å². The molecule has 25 heavy (non-hydrogen) atoms. The van der Waals surface area contributed by atoms with Crippen LogP contribution in [0.1, 0.15) is 49.6 Å². The minimum absolute atomic E-state index is 0.0751. The Morgan fingerprint density at radius 2 is 2.08 bits per heavy atom. The largest absolute Gasteiger partial charge is 0.466 e. The van der Waals surface area contributed by atoms with E-state index in [2.05, 4.69) is 15.6 Å². The minimum Gasteiger partial charge on any atom is -0.466 e. The highest BCUT2D eigenvalue weighted by Crippen LogP contribution is 2.26. The SMILES string of the molecule is Cc1cc([C@](C)(O)CNC(=O)N[C@@H](c2ccccn2)C(C)C)c(C)o1. The summed E-state index contributed by atoms with van der Waals surface area (Å²) in [6.45, 7) is 9.40. The van der Waals surface area contributed by atoms with E-state index < -0.39 is 5.60 Å². The number of nitrogens with one attached hydrogen (secondary N) is 2. The van der Waals surface area contributed by atoms with Crippen molar-refractivity contribution in [1.82, 2.24) is 15.6 Å². The molecule has 6 nitrogen and oxygen atoms in total. The molecule has 0 spiro atoms. The van der Waals surface area contributed by atoms with E-state index in [1.54, 1.807) is 26.1 Å². The van der Waals surface area contributed by atoms with Gasteiger partial charge >= 0.3 is 6.03 Å². The van der Waals surface area contributed by atoms with Gasteiger partial charge in [-0.05, 0) is 44.9 Å². The van der Waals surface area contributed by atoms with Crippen molar-refractivity contribution in [1.29, 1.82) is 0 Å². The smallest absolute Gasteiger partial charge is 0.315 e. The molecule has 0 bridgehead atoms. The van der Waals surface area contributed by atoms with Crippen LogP contribution in [0.2, 0.25) is 0 Å². The second kappa shape index (κ2) is 7.70. The zero-order chi connectivity index (χ0) is 18.6. The van der Waals surface area contributed by atoms with Crippen LogP contribution in [0.5, 0.6) is 0 Å². The van der Waals surface area contributed by atoms with Gasteiger partial charge in [0.1, 0.15) is 17.1 Å². The van der Waals surface area contributed by atoms with Crippen molar-refractivity contribution in [2.45, 2.75) is 46.3 Å². The van der Waals surface area contributed by atoms with E-state index in [9.17, 15) is 9.90 Å². The van der Waals surface area contributed by atoms with E-state index in [0.29, 0.717) is 11.3 Å². The number of aromatic nitrogens is 1. The van der Waals surface area contributed by atoms with E-state index in [-0.39, 0.29) is 24.5 Å². The summed E-state index contributed by atoms with van der Waals surface area (Å²) in [5.74, 6) is 1.56. The van der Waals surface area contributed by atoms with Crippen LogP contribution in [0.4, 0.5) is 4.79 Å². The number of pyridine rings is 1. The molecule has 2 amide bonds. The second-order valence-electron chi connectivity index (χ2n) is 6.90. The van der Waals surface area contributed by atoms with Gasteiger partial charge in [0.25, 0.3) is 0 Å². The summed E-state index contributed by atoms with van der Waals surface area (Å²) in [5.41, 5.74) is 0.272. The number of hydrogen-bond acceptors (Lipinski definition) is 4. The second-order valence-corrected chi connectivity index (χ2v) is 6.90. The van der Waals surface area contributed by atoms with Crippen LogP contribution in [0.15, 0.2) is 34.9 Å². The fourth-order valence-electron chi connectivity index (χ4n) is 2.85. The summed E-state index contributed by atoms with van der Waals surface area (Å²) in [6, 6.07) is 6.87. The standard InChI is InChI=1S/C19H27N3O3/c1-12(2)17(16-8-6-7-9-20-16)22-18(23)21-11-19(5,24)15-10-13(3)25-14(15)4/h6-10,12,17,24H,11H2,1-5H3,(H2,21,22,23)/t17-,19-/m1/s1. The van der Waals surface area contributed by atoms with Gasteiger partial charge < -0.3 is 20.2 Å². The lowest BCUT2D eigenvalue weighted by Gasteiger charge is -2.26. The number of furan rings is 1. The lowest BCUT2D eigenvalue weighted by Crippen LogP contribution is -2.45. The number of nitrogens with zero attached hydrogens (tertiary/aromatic N) is 1. The van der Waals surface area contributed by atoms with Gasteiger partial charge in [-0.1, -0.05) is 19.9 Å². The molecule has 0 fully saturated rings. The summed E-state index contributed by atoms with van der Waals surface area (Å²) >= 11 is 0. The molecule has 6 heteroatoms. The third-order valence-corrected chi connectivity index (χ3v) is 4.17. The zero-order valence-corrected chi connectivity index (χ0v) is 15.5. The first-order chi connectivity index (χ1) is 11.7. The maximum atomic E-state index is 12.3. The van der Waals surface area contributed by atoms with Gasteiger partial charge in [-0.15, -0.1) is 0 Å². The lowest BCUT2D eigenvalue weighted by atomic mass is 9.96. The monoisotopic (exact) mass is 345 g/mol. The van der Waals surface area contributed by atoms with Crippen molar-refractivity contribution in [3.8, 4) is 0 Å². The summed E-state index contributed by atoms with van der Waals surface area (Å²) in [6.07, 6.45) is 1.71. The molecule has 0 unspecified atom stereocenters. The van der Waals surface area contributed by atoms with E-state index in [1.165, 1.54) is 0 Å². The Bertz CT molecular complexity index is 708. The van der Waals surface area contributed by atoms with Crippen molar-refractivity contribution < 1.29 is 14.3 Å². The topological polar surface area (TPSA) is 87.4 Å². The van der Waals surface area contributed by atoms with Gasteiger partial charge in [-0.3, -0.25) is 4.98 Å². The molecular formula is C19H27N3O3. The summed E-state index contributed by atoms with van der Waals surface area (Å²) in [4.78, 5) is 16.6. The van der Waals surface area contributed by atoms with Crippen LogP contribution < -0.4 is 10.6 Å². The van der Waals surface area contributed by atoms with Crippen LogP contribution in [0, 0.1) is 19.8 Å². The fraction of sp³-hybridized carbons (Fsp3) is 0.474. The lowest BCUT2D eigenvalue weighted by molar-refractivity contribution is 0.0577. The normalized spacial score (nSPS) is 14.8. The first-order valence-electron chi connectivity index (χ1n) is 8.46. The average Bonchev–Trinajstić information content (AvgIpc) is 2.90. The third-order valence-electron chi connectivity index (χ3n) is 4.17. The molecule has 2 aromatic heterocycles. The first-order valence-corrected chi connectivity index (χ1v) is 8.46.